The zero-order valence-electron chi connectivity index (χ0n) is 6.63. The molecule has 0 bridgehead atoms. The van der Waals surface area contributed by atoms with E-state index in [0.29, 0.717) is 0 Å². The van der Waals surface area contributed by atoms with Crippen LogP contribution < -0.4 is 5.32 Å². The summed E-state index contributed by atoms with van der Waals surface area (Å²) >= 11 is 1.64. The molecule has 1 rings (SSSR count). The van der Waals surface area contributed by atoms with E-state index >= 15 is 0 Å². The van der Waals surface area contributed by atoms with Gasteiger partial charge in [-0.3, -0.25) is 0 Å². The second kappa shape index (κ2) is 4.13. The van der Waals surface area contributed by atoms with Crippen molar-refractivity contribution in [2.75, 3.05) is 11.9 Å². The molecule has 2 nitrogen and oxygen atoms in total. The Labute approximate surface area is 71.0 Å². The summed E-state index contributed by atoms with van der Waals surface area (Å²) in [4.78, 5) is 4.26. The summed E-state index contributed by atoms with van der Waals surface area (Å²) < 4.78 is 0. The summed E-state index contributed by atoms with van der Waals surface area (Å²) in [7, 11) is 0. The van der Waals surface area contributed by atoms with Gasteiger partial charge in [0.1, 0.15) is 0 Å². The number of nitrogens with one attached hydrogen (secondary N) is 1. The first-order chi connectivity index (χ1) is 5.33. The van der Waals surface area contributed by atoms with Crippen LogP contribution in [0.1, 0.15) is 12.1 Å². The molecule has 0 aliphatic heterocycles. The molecule has 0 saturated heterocycles. The summed E-state index contributed by atoms with van der Waals surface area (Å²) in [5, 5.41) is 6.24. The molecule has 1 aromatic heterocycles. The molecule has 0 atom stereocenters. The Bertz CT molecular complexity index is 230. The van der Waals surface area contributed by atoms with Gasteiger partial charge < -0.3 is 5.32 Å². The molecule has 1 aromatic rings. The van der Waals surface area contributed by atoms with Crippen molar-refractivity contribution in [2.24, 2.45) is 0 Å². The van der Waals surface area contributed by atoms with Gasteiger partial charge in [-0.25, -0.2) is 4.98 Å². The second-order valence-electron chi connectivity index (χ2n) is 2.30. The fraction of sp³-hybridized carbons (Fsp3) is 0.375. The lowest BCUT2D eigenvalue weighted by atomic mass is 10.4. The monoisotopic (exact) mass is 168 g/mol. The molecule has 0 aliphatic rings. The van der Waals surface area contributed by atoms with Crippen molar-refractivity contribution in [1.29, 1.82) is 0 Å². The van der Waals surface area contributed by atoms with E-state index in [1.165, 1.54) is 0 Å². The van der Waals surface area contributed by atoms with Crippen molar-refractivity contribution in [2.45, 2.75) is 13.3 Å². The third kappa shape index (κ3) is 2.72. The molecule has 1 N–H and O–H groups in total. The molecule has 60 valence electrons. The first-order valence-corrected chi connectivity index (χ1v) is 4.48. The lowest BCUT2D eigenvalue weighted by molar-refractivity contribution is 1.06. The minimum atomic E-state index is 0.927. The summed E-state index contributed by atoms with van der Waals surface area (Å²) in [6.07, 6.45) is 2.88. The highest BCUT2D eigenvalue weighted by Gasteiger charge is 1.94. The summed E-state index contributed by atoms with van der Waals surface area (Å²) in [6.45, 7) is 6.56. The van der Waals surface area contributed by atoms with Crippen molar-refractivity contribution in [3.05, 3.63) is 23.7 Å². The Kier molecular flexibility index (Phi) is 3.11. The summed E-state index contributed by atoms with van der Waals surface area (Å²) in [5.74, 6) is 0. The van der Waals surface area contributed by atoms with Crippen LogP contribution in [0, 0.1) is 6.92 Å². The van der Waals surface area contributed by atoms with Gasteiger partial charge in [-0.15, -0.1) is 17.9 Å². The Morgan fingerprint density at radius 3 is 3.18 bits per heavy atom. The van der Waals surface area contributed by atoms with Crippen LogP contribution in [-0.4, -0.2) is 11.5 Å². The number of hydrogen-bond acceptors (Lipinski definition) is 3. The second-order valence-corrected chi connectivity index (χ2v) is 3.16. The van der Waals surface area contributed by atoms with Crippen molar-refractivity contribution in [3.8, 4) is 0 Å². The van der Waals surface area contributed by atoms with Gasteiger partial charge in [0, 0.05) is 11.9 Å². The number of rotatable bonds is 4. The first kappa shape index (κ1) is 8.27. The van der Waals surface area contributed by atoms with Crippen LogP contribution in [0.2, 0.25) is 0 Å². The molecule has 0 aliphatic carbocycles. The van der Waals surface area contributed by atoms with Gasteiger partial charge in [0.05, 0.1) is 5.69 Å². The third-order valence-corrected chi connectivity index (χ3v) is 2.16. The van der Waals surface area contributed by atoms with E-state index in [9.17, 15) is 0 Å². The topological polar surface area (TPSA) is 24.9 Å². The Hall–Kier alpha value is -0.830. The van der Waals surface area contributed by atoms with E-state index in [1.54, 1.807) is 11.3 Å². The SMILES string of the molecule is C=CCCNc1nc(C)cs1. The van der Waals surface area contributed by atoms with Crippen LogP contribution in [0.25, 0.3) is 0 Å². The predicted molar refractivity (Wildman–Crippen MR) is 50.2 cm³/mol. The van der Waals surface area contributed by atoms with Crippen molar-refractivity contribution in [3.63, 3.8) is 0 Å². The van der Waals surface area contributed by atoms with Crippen LogP contribution >= 0.6 is 11.3 Å². The maximum absolute atomic E-state index is 4.26. The number of anilines is 1. The fourth-order valence-electron chi connectivity index (χ4n) is 0.716. The highest BCUT2D eigenvalue weighted by atomic mass is 32.1. The van der Waals surface area contributed by atoms with Crippen LogP contribution in [0.4, 0.5) is 5.13 Å². The van der Waals surface area contributed by atoms with Crippen molar-refractivity contribution in [1.82, 2.24) is 4.98 Å². The maximum Gasteiger partial charge on any atom is 0.182 e. The number of aromatic nitrogens is 1. The molecule has 0 saturated carbocycles. The largest absolute Gasteiger partial charge is 0.361 e. The lowest BCUT2D eigenvalue weighted by Gasteiger charge is -1.96. The highest BCUT2D eigenvalue weighted by Crippen LogP contribution is 2.13. The predicted octanol–water partition coefficient (Wildman–Crippen LogP) is 2.44. The normalized spacial score (nSPS) is 9.55. The van der Waals surface area contributed by atoms with Crippen LogP contribution in [0.15, 0.2) is 18.0 Å². The molecule has 0 fully saturated rings. The van der Waals surface area contributed by atoms with Gasteiger partial charge in [0.25, 0.3) is 0 Å². The van der Waals surface area contributed by atoms with Crippen molar-refractivity contribution < 1.29 is 0 Å². The van der Waals surface area contributed by atoms with E-state index in [2.05, 4.69) is 16.9 Å². The van der Waals surface area contributed by atoms with Crippen LogP contribution in [0.3, 0.4) is 0 Å². The number of nitrogens with zero attached hydrogens (tertiary/aromatic N) is 1. The minimum Gasteiger partial charge on any atom is -0.361 e. The Morgan fingerprint density at radius 1 is 1.82 bits per heavy atom. The van der Waals surface area contributed by atoms with Crippen molar-refractivity contribution >= 4 is 16.5 Å². The zero-order valence-corrected chi connectivity index (χ0v) is 7.45. The first-order valence-electron chi connectivity index (χ1n) is 3.60. The van der Waals surface area contributed by atoms with E-state index in [4.69, 9.17) is 0 Å². The average molecular weight is 168 g/mol. The molecule has 0 aromatic carbocycles. The highest BCUT2D eigenvalue weighted by molar-refractivity contribution is 7.13. The molecule has 0 radical (unpaired) electrons. The molecule has 0 amide bonds. The smallest absolute Gasteiger partial charge is 0.182 e. The van der Waals surface area contributed by atoms with Gasteiger partial charge >= 0.3 is 0 Å². The standard InChI is InChI=1S/C8H12N2S/c1-3-4-5-9-8-10-7(2)6-11-8/h3,6H,1,4-5H2,2H3,(H,9,10). The number of aryl methyl sites for hydroxylation is 1. The lowest BCUT2D eigenvalue weighted by Crippen LogP contribution is -1.98. The van der Waals surface area contributed by atoms with Crippen LogP contribution in [-0.2, 0) is 0 Å². The van der Waals surface area contributed by atoms with E-state index in [0.717, 1.165) is 23.8 Å². The van der Waals surface area contributed by atoms with Gasteiger partial charge in [-0.05, 0) is 13.3 Å². The number of hydrogen-bond donors (Lipinski definition) is 1. The summed E-state index contributed by atoms with van der Waals surface area (Å²) in [6, 6.07) is 0. The fourth-order valence-corrected chi connectivity index (χ4v) is 1.43. The summed E-state index contributed by atoms with van der Waals surface area (Å²) in [5.41, 5.74) is 1.08. The molecule has 3 heteroatoms. The minimum absolute atomic E-state index is 0.927. The maximum atomic E-state index is 4.26. The molecule has 11 heavy (non-hydrogen) atoms. The van der Waals surface area contributed by atoms with E-state index in [1.807, 2.05) is 18.4 Å². The quantitative estimate of drug-likeness (QED) is 0.551. The van der Waals surface area contributed by atoms with E-state index in [-0.39, 0.29) is 0 Å². The Balaban J connectivity index is 2.32. The van der Waals surface area contributed by atoms with Gasteiger partial charge in [0.15, 0.2) is 5.13 Å². The average Bonchev–Trinajstić information content (AvgIpc) is 2.37. The number of thiazole rings is 1. The molecular weight excluding hydrogens is 156 g/mol. The van der Waals surface area contributed by atoms with Crippen LogP contribution in [0.5, 0.6) is 0 Å². The van der Waals surface area contributed by atoms with Gasteiger partial charge in [-0.1, -0.05) is 6.08 Å². The molecule has 1 heterocycles. The van der Waals surface area contributed by atoms with E-state index < -0.39 is 0 Å². The Morgan fingerprint density at radius 2 is 2.64 bits per heavy atom. The molecular formula is C8H12N2S. The third-order valence-electron chi connectivity index (χ3n) is 1.24. The van der Waals surface area contributed by atoms with Gasteiger partial charge in [0.2, 0.25) is 0 Å². The molecule has 0 unspecified atom stereocenters. The zero-order chi connectivity index (χ0) is 8.10. The van der Waals surface area contributed by atoms with Gasteiger partial charge in [-0.2, -0.15) is 0 Å². The molecule has 0 spiro atoms.